The molecule has 2 heterocycles. The van der Waals surface area contributed by atoms with Gasteiger partial charge >= 0.3 is 0 Å². The fourth-order valence-electron chi connectivity index (χ4n) is 9.92. The van der Waals surface area contributed by atoms with Gasteiger partial charge < -0.3 is 19.8 Å². The van der Waals surface area contributed by atoms with Crippen molar-refractivity contribution in [1.29, 1.82) is 0 Å². The topological polar surface area (TPSA) is 70.0 Å². The summed E-state index contributed by atoms with van der Waals surface area (Å²) < 4.78 is 6.84. The molecule has 5 heteroatoms. The summed E-state index contributed by atoms with van der Waals surface area (Å²) in [5.74, 6) is 1.69. The average Bonchev–Trinajstić information content (AvgIpc) is 3.38. The molecule has 2 aromatic carbocycles. The Morgan fingerprint density at radius 2 is 1.49 bits per heavy atom. The molecule has 2 saturated carbocycles. The van der Waals surface area contributed by atoms with Gasteiger partial charge in [-0.1, -0.05) is 39.8 Å². The second kappa shape index (κ2) is 8.49. The predicted molar refractivity (Wildman–Crippen MR) is 153 cm³/mol. The van der Waals surface area contributed by atoms with Gasteiger partial charge in [0, 0.05) is 29.9 Å². The summed E-state index contributed by atoms with van der Waals surface area (Å²) in [4.78, 5) is 16.7. The van der Waals surface area contributed by atoms with Crippen LogP contribution in [0.2, 0.25) is 0 Å². The molecule has 2 aliphatic carbocycles. The molecule has 6 atom stereocenters. The van der Waals surface area contributed by atoms with Crippen LogP contribution in [0.25, 0.3) is 0 Å². The first kappa shape index (κ1) is 26.7. The summed E-state index contributed by atoms with van der Waals surface area (Å²) in [6.45, 7) is 17.6. The van der Waals surface area contributed by atoms with E-state index in [-0.39, 0.29) is 46.3 Å². The van der Waals surface area contributed by atoms with Crippen LogP contribution in [0.5, 0.6) is 11.5 Å². The molecule has 0 radical (unpaired) electrons. The average molecular weight is 532 g/mol. The molecule has 210 valence electrons. The Morgan fingerprint density at radius 3 is 2.03 bits per heavy atom. The number of amides is 1. The molecule has 0 aromatic heterocycles. The summed E-state index contributed by atoms with van der Waals surface area (Å²) in [5, 5.41) is 21.3. The summed E-state index contributed by atoms with van der Waals surface area (Å²) in [6, 6.07) is 8.45. The highest BCUT2D eigenvalue weighted by Crippen LogP contribution is 2.85. The van der Waals surface area contributed by atoms with Crippen LogP contribution in [0.15, 0.2) is 24.3 Å². The fourth-order valence-corrected chi connectivity index (χ4v) is 9.92. The molecule has 6 rings (SSSR count). The third kappa shape index (κ3) is 3.32. The van der Waals surface area contributed by atoms with Crippen molar-refractivity contribution in [2.24, 2.45) is 28.1 Å². The monoisotopic (exact) mass is 531 g/mol. The van der Waals surface area contributed by atoms with E-state index < -0.39 is 0 Å². The molecule has 2 aromatic rings. The van der Waals surface area contributed by atoms with E-state index in [1.165, 1.54) is 0 Å². The predicted octanol–water partition coefficient (Wildman–Crippen LogP) is 7.21. The van der Waals surface area contributed by atoms with Crippen molar-refractivity contribution >= 4 is 5.91 Å². The first-order chi connectivity index (χ1) is 18.3. The molecule has 1 spiro atoms. The number of fused-ring (bicyclic) bond motifs is 1. The third-order valence-electron chi connectivity index (χ3n) is 11.3. The minimum absolute atomic E-state index is 0.00851. The van der Waals surface area contributed by atoms with Crippen molar-refractivity contribution in [2.75, 3.05) is 6.61 Å². The van der Waals surface area contributed by atoms with Gasteiger partial charge in [0.05, 0.1) is 12.1 Å². The lowest BCUT2D eigenvalue weighted by Crippen LogP contribution is -2.55. The molecule has 4 fully saturated rings. The van der Waals surface area contributed by atoms with Crippen LogP contribution in [0.4, 0.5) is 0 Å². The molecule has 4 aliphatic rings. The van der Waals surface area contributed by atoms with Gasteiger partial charge in [0.2, 0.25) is 5.91 Å². The maximum atomic E-state index is 14.4. The van der Waals surface area contributed by atoms with Crippen molar-refractivity contribution < 1.29 is 19.7 Å². The third-order valence-corrected chi connectivity index (χ3v) is 11.3. The number of ether oxygens (including phenoxy) is 1. The molecular weight excluding hydrogens is 486 g/mol. The Bertz CT molecular complexity index is 1310. The van der Waals surface area contributed by atoms with Crippen LogP contribution < -0.4 is 0 Å². The Balaban J connectivity index is 1.65. The number of aromatic hydroxyl groups is 2. The van der Waals surface area contributed by atoms with Crippen LogP contribution >= 0.6 is 0 Å². The standard InChI is InChI=1S/C34H45NO4/c1-18(2)11-26(36)35-29(23-12-19(3)27(37)20(4)13-23)34-17-25-16-33(34,31(35)32(25,7)8)9-10-39-30(34)24-14-21(5)28(38)22(6)15-24/h12-15,18,25,29-31,37-38H,9-11,16-17H2,1-8H3/t25-,29+,30-,31+,33-,34+/m0/s1. The number of phenolic OH excluding ortho intramolecular Hbond substituents is 2. The number of carbonyl (C=O) groups excluding carboxylic acids is 1. The SMILES string of the molecule is Cc1cc([C@@H]2OCC[C@@]34C[C@H]5C[C@@]23[C@@H](c2cc(C)c(O)c(C)c2)N(C(=O)CC(C)C)[C@@H]4C5(C)C)cc(C)c1O. The number of rotatable bonds is 4. The van der Waals surface area contributed by atoms with Crippen molar-refractivity contribution in [3.8, 4) is 11.5 Å². The van der Waals surface area contributed by atoms with E-state index in [9.17, 15) is 15.0 Å². The highest BCUT2D eigenvalue weighted by molar-refractivity contribution is 5.79. The number of carbonyl (C=O) groups is 1. The van der Waals surface area contributed by atoms with Crippen molar-refractivity contribution in [1.82, 2.24) is 4.90 Å². The van der Waals surface area contributed by atoms with Crippen LogP contribution in [0.1, 0.15) is 98.9 Å². The van der Waals surface area contributed by atoms with Crippen molar-refractivity contribution in [3.05, 3.63) is 57.6 Å². The molecule has 1 amide bonds. The van der Waals surface area contributed by atoms with E-state index in [1.54, 1.807) is 0 Å². The first-order valence-electron chi connectivity index (χ1n) is 14.8. The molecule has 2 saturated heterocycles. The lowest BCUT2D eigenvalue weighted by atomic mass is 9.51. The maximum absolute atomic E-state index is 14.4. The summed E-state index contributed by atoms with van der Waals surface area (Å²) in [5.41, 5.74) is 5.35. The van der Waals surface area contributed by atoms with E-state index in [4.69, 9.17) is 4.74 Å². The molecule has 5 nitrogen and oxygen atoms in total. The van der Waals surface area contributed by atoms with E-state index in [1.807, 2.05) is 27.7 Å². The van der Waals surface area contributed by atoms with Gasteiger partial charge in [0.25, 0.3) is 0 Å². The van der Waals surface area contributed by atoms with Gasteiger partial charge in [-0.25, -0.2) is 0 Å². The van der Waals surface area contributed by atoms with Crippen LogP contribution in [0.3, 0.4) is 0 Å². The quantitative estimate of drug-likeness (QED) is 0.437. The number of phenols is 2. The zero-order chi connectivity index (χ0) is 28.2. The number of likely N-dealkylation sites (tertiary alicyclic amines) is 1. The van der Waals surface area contributed by atoms with Gasteiger partial charge in [-0.3, -0.25) is 4.79 Å². The molecule has 0 unspecified atom stereocenters. The zero-order valence-corrected chi connectivity index (χ0v) is 24.9. The second-order valence-corrected chi connectivity index (χ2v) is 14.3. The molecule has 2 aliphatic heterocycles. The Hall–Kier alpha value is -2.53. The highest BCUT2D eigenvalue weighted by atomic mass is 16.5. The van der Waals surface area contributed by atoms with Gasteiger partial charge in [-0.15, -0.1) is 0 Å². The minimum atomic E-state index is -0.283. The maximum Gasteiger partial charge on any atom is 0.223 e. The smallest absolute Gasteiger partial charge is 0.223 e. The Kier molecular flexibility index (Phi) is 5.81. The summed E-state index contributed by atoms with van der Waals surface area (Å²) >= 11 is 0. The second-order valence-electron chi connectivity index (χ2n) is 14.3. The molecule has 2 N–H and O–H groups in total. The van der Waals surface area contributed by atoms with Gasteiger partial charge in [0.1, 0.15) is 11.5 Å². The Labute approximate surface area is 233 Å². The van der Waals surface area contributed by atoms with Gasteiger partial charge in [-0.2, -0.15) is 0 Å². The fraction of sp³-hybridized carbons (Fsp3) is 0.618. The highest BCUT2D eigenvalue weighted by Gasteiger charge is 2.83. The van der Waals surface area contributed by atoms with Gasteiger partial charge in [0.15, 0.2) is 0 Å². The first-order valence-corrected chi connectivity index (χ1v) is 14.8. The number of nitrogens with zero attached hydrogens (tertiary/aromatic N) is 1. The molecular formula is C34H45NO4. The van der Waals surface area contributed by atoms with Crippen molar-refractivity contribution in [3.63, 3.8) is 0 Å². The number of benzene rings is 2. The zero-order valence-electron chi connectivity index (χ0n) is 24.9. The van der Waals surface area contributed by atoms with Gasteiger partial charge in [-0.05, 0) is 110 Å². The summed E-state index contributed by atoms with van der Waals surface area (Å²) in [7, 11) is 0. The Morgan fingerprint density at radius 1 is 0.949 bits per heavy atom. The molecule has 2 bridgehead atoms. The van der Waals surface area contributed by atoms with E-state index in [2.05, 4.69) is 56.9 Å². The van der Waals surface area contributed by atoms with Crippen LogP contribution in [-0.4, -0.2) is 33.7 Å². The lowest BCUT2D eigenvalue weighted by Gasteiger charge is -2.55. The van der Waals surface area contributed by atoms with Crippen LogP contribution in [0, 0.1) is 55.8 Å². The normalized spacial score (nSPS) is 34.1. The molecule has 39 heavy (non-hydrogen) atoms. The number of hydrogen-bond donors (Lipinski definition) is 2. The number of hydrogen-bond acceptors (Lipinski definition) is 4. The lowest BCUT2D eigenvalue weighted by molar-refractivity contribution is -0.164. The minimum Gasteiger partial charge on any atom is -0.507 e. The van der Waals surface area contributed by atoms with E-state index in [0.29, 0.717) is 30.4 Å². The van der Waals surface area contributed by atoms with E-state index in [0.717, 1.165) is 52.6 Å². The largest absolute Gasteiger partial charge is 0.507 e. The summed E-state index contributed by atoms with van der Waals surface area (Å²) in [6.07, 6.45) is 3.44. The van der Waals surface area contributed by atoms with Crippen molar-refractivity contribution in [2.45, 2.75) is 99.3 Å². The number of aryl methyl sites for hydroxylation is 4. The van der Waals surface area contributed by atoms with E-state index >= 15 is 0 Å². The van der Waals surface area contributed by atoms with Crippen LogP contribution in [-0.2, 0) is 9.53 Å².